The molecule has 0 saturated carbocycles. The minimum Gasteiger partial charge on any atom is -0.449 e. The van der Waals surface area contributed by atoms with Crippen LogP contribution in [-0.4, -0.2) is 68.6 Å². The number of carbonyl (C=O) groups excluding carboxylic acids is 4. The molecule has 2 aliphatic carbocycles. The Bertz CT molecular complexity index is 3500. The summed E-state index contributed by atoms with van der Waals surface area (Å²) in [5.74, 6) is 0.312. The van der Waals surface area contributed by atoms with Gasteiger partial charge in [-0.05, 0) is 109 Å². The van der Waals surface area contributed by atoms with Gasteiger partial charge in [0.15, 0.2) is 12.6 Å². The number of amides is 2. The lowest BCUT2D eigenvalue weighted by Crippen LogP contribution is -2.26. The van der Waals surface area contributed by atoms with E-state index in [-0.39, 0.29) is 38.1 Å². The van der Waals surface area contributed by atoms with Crippen LogP contribution in [0.15, 0.2) is 188 Å². The molecule has 372 valence electrons. The Balaban J connectivity index is 0.000000173. The van der Waals surface area contributed by atoms with Gasteiger partial charge in [0.1, 0.15) is 23.3 Å². The number of alkyl carbamates (subject to hydrolysis) is 2. The summed E-state index contributed by atoms with van der Waals surface area (Å²) in [6, 6.07) is 48.9. The van der Waals surface area contributed by atoms with Gasteiger partial charge in [-0.2, -0.15) is 5.21 Å². The first kappa shape index (κ1) is 50.6. The van der Waals surface area contributed by atoms with Crippen molar-refractivity contribution in [1.82, 2.24) is 41.2 Å². The highest BCUT2D eigenvalue weighted by Gasteiger charge is 2.31. The van der Waals surface area contributed by atoms with Gasteiger partial charge < -0.3 is 20.1 Å². The summed E-state index contributed by atoms with van der Waals surface area (Å²) in [5, 5.41) is 21.3. The molecule has 3 heterocycles. The van der Waals surface area contributed by atoms with Crippen molar-refractivity contribution < 1.29 is 28.7 Å². The number of hydrogen-bond acceptors (Lipinski definition) is 13. The number of fused-ring (bicyclic) bond motifs is 6. The summed E-state index contributed by atoms with van der Waals surface area (Å²) in [4.78, 5) is 58.7. The van der Waals surface area contributed by atoms with Crippen molar-refractivity contribution in [3.63, 3.8) is 0 Å². The molecule has 0 bridgehead atoms. The van der Waals surface area contributed by atoms with Crippen LogP contribution >= 0.6 is 51.1 Å². The minimum atomic E-state index is -0.565. The maximum Gasteiger partial charge on any atom is 0.407 e. The van der Waals surface area contributed by atoms with Crippen molar-refractivity contribution in [2.75, 3.05) is 13.2 Å². The SMILES string of the molecule is O=Cc1cccnc1Sc1c(Cl)cc(-c2nn[nH]n2)cc1CNC(=O)OCC1c2ccccc2-c2ccccc21.O=Cc1cccnc1Sc1cccc(Br)c1CNC(=O)OCC1c2ccccc2-c2ccccc21. The predicted molar refractivity (Wildman–Crippen MR) is 290 cm³/mol. The van der Waals surface area contributed by atoms with Crippen molar-refractivity contribution in [2.45, 2.75) is 44.8 Å². The second kappa shape index (κ2) is 23.5. The monoisotopic (exact) mass is 1110 g/mol. The molecule has 9 aromatic rings. The number of aldehydes is 2. The van der Waals surface area contributed by atoms with E-state index in [1.54, 1.807) is 42.7 Å². The number of ether oxygens (including phenoxy) is 2. The van der Waals surface area contributed by atoms with Crippen molar-refractivity contribution in [3.05, 3.63) is 218 Å². The van der Waals surface area contributed by atoms with E-state index in [1.807, 2.05) is 72.8 Å². The zero-order valence-electron chi connectivity index (χ0n) is 39.5. The van der Waals surface area contributed by atoms with Gasteiger partial charge in [0, 0.05) is 68.3 Å². The van der Waals surface area contributed by atoms with E-state index >= 15 is 0 Å². The fourth-order valence-electron chi connectivity index (χ4n) is 9.10. The number of hydrogen-bond donors (Lipinski definition) is 3. The number of carbonyl (C=O) groups is 4. The standard InChI is InChI=1S/C29H21ClN6O3S.C28H21BrN2O3S/c30-25-13-18(27-33-35-36-34-27)12-19(26(25)40-28-17(15-37)6-5-11-31-28)14-32-29(38)39-16-24-22-9-3-1-7-20(22)21-8-2-4-10-23(21)24;29-25-12-5-13-26(35-27-18(16-32)7-6-14-30-27)23(25)15-31-28(33)34-17-24-21-10-3-1-8-19(21)20-9-2-4-11-22(20)24/h1-13,15,24H,14,16H2,(H,32,38)(H,33,34,35,36);1-14,16,24H,15,17H2,(H,31,33). The molecule has 0 atom stereocenters. The lowest BCUT2D eigenvalue weighted by molar-refractivity contribution is 0.111. The summed E-state index contributed by atoms with van der Waals surface area (Å²) < 4.78 is 12.2. The lowest BCUT2D eigenvalue weighted by Gasteiger charge is -2.16. The molecule has 0 unspecified atom stereocenters. The lowest BCUT2D eigenvalue weighted by atomic mass is 9.98. The van der Waals surface area contributed by atoms with E-state index in [9.17, 15) is 19.2 Å². The molecule has 0 fully saturated rings. The Morgan fingerprint density at radius 3 is 1.64 bits per heavy atom. The zero-order chi connectivity index (χ0) is 51.7. The molecule has 2 aliphatic rings. The number of nitrogens with zero attached hydrogens (tertiary/aromatic N) is 5. The summed E-state index contributed by atoms with van der Waals surface area (Å²) in [7, 11) is 0. The van der Waals surface area contributed by atoms with Crippen LogP contribution in [0.2, 0.25) is 5.02 Å². The average Bonchev–Trinajstić information content (AvgIpc) is 4.20. The molecule has 0 aliphatic heterocycles. The molecule has 11 rings (SSSR count). The average molecular weight is 1110 g/mol. The molecule has 3 N–H and O–H groups in total. The van der Waals surface area contributed by atoms with Crippen LogP contribution in [-0.2, 0) is 22.6 Å². The topological polar surface area (TPSA) is 191 Å². The summed E-state index contributed by atoms with van der Waals surface area (Å²) in [5.41, 5.74) is 12.4. The molecular weight excluding hydrogens is 1070 g/mol. The Kier molecular flexibility index (Phi) is 15.8. The highest BCUT2D eigenvalue weighted by Crippen LogP contribution is 2.46. The number of rotatable bonds is 15. The molecule has 6 aromatic carbocycles. The smallest absolute Gasteiger partial charge is 0.407 e. The Morgan fingerprint density at radius 1 is 0.627 bits per heavy atom. The number of tetrazole rings is 1. The van der Waals surface area contributed by atoms with Crippen LogP contribution in [0.25, 0.3) is 33.6 Å². The van der Waals surface area contributed by atoms with Gasteiger partial charge in [-0.3, -0.25) is 9.59 Å². The maximum absolute atomic E-state index is 12.9. The van der Waals surface area contributed by atoms with Crippen molar-refractivity contribution in [1.29, 1.82) is 0 Å². The zero-order valence-corrected chi connectivity index (χ0v) is 43.5. The Morgan fingerprint density at radius 2 is 1.13 bits per heavy atom. The molecule has 0 spiro atoms. The summed E-state index contributed by atoms with van der Waals surface area (Å²) in [6.07, 6.45) is 3.75. The van der Waals surface area contributed by atoms with E-state index in [2.05, 4.69) is 106 Å². The van der Waals surface area contributed by atoms with E-state index < -0.39 is 12.2 Å². The molecule has 0 saturated heterocycles. The Hall–Kier alpha value is -7.96. The molecule has 3 aromatic heterocycles. The van der Waals surface area contributed by atoms with E-state index in [0.717, 1.165) is 49.8 Å². The van der Waals surface area contributed by atoms with Crippen molar-refractivity contribution in [2.24, 2.45) is 0 Å². The molecule has 0 radical (unpaired) electrons. The molecule has 14 nitrogen and oxygen atoms in total. The van der Waals surface area contributed by atoms with Crippen LogP contribution in [0.5, 0.6) is 0 Å². The van der Waals surface area contributed by atoms with Crippen LogP contribution in [0, 0.1) is 0 Å². The predicted octanol–water partition coefficient (Wildman–Crippen LogP) is 12.8. The number of aromatic amines is 1. The highest BCUT2D eigenvalue weighted by atomic mass is 79.9. The maximum atomic E-state index is 12.9. The second-order valence-electron chi connectivity index (χ2n) is 17.0. The number of aromatic nitrogens is 6. The first-order chi connectivity index (χ1) is 36.8. The molecule has 18 heteroatoms. The van der Waals surface area contributed by atoms with Gasteiger partial charge in [-0.15, -0.1) is 10.2 Å². The fourth-order valence-corrected chi connectivity index (χ4v) is 12.1. The van der Waals surface area contributed by atoms with Gasteiger partial charge in [0.25, 0.3) is 0 Å². The number of halogens is 2. The van der Waals surface area contributed by atoms with Gasteiger partial charge in [0.05, 0.1) is 5.02 Å². The van der Waals surface area contributed by atoms with E-state index in [4.69, 9.17) is 21.1 Å². The van der Waals surface area contributed by atoms with Gasteiger partial charge in [0.2, 0.25) is 5.82 Å². The number of pyridine rings is 2. The third-order valence-electron chi connectivity index (χ3n) is 12.6. The highest BCUT2D eigenvalue weighted by molar-refractivity contribution is 9.10. The minimum absolute atomic E-state index is 0.00800. The third-order valence-corrected chi connectivity index (χ3v) is 16.1. The van der Waals surface area contributed by atoms with Gasteiger partial charge >= 0.3 is 12.2 Å². The number of H-pyrrole nitrogens is 1. The fraction of sp³-hybridized carbons (Fsp3) is 0.105. The molecular formula is C57H42BrClN8O6S2. The third kappa shape index (κ3) is 11.3. The quantitative estimate of drug-likeness (QED) is 0.0823. The van der Waals surface area contributed by atoms with Gasteiger partial charge in [-0.25, -0.2) is 19.6 Å². The van der Waals surface area contributed by atoms with Crippen LogP contribution in [0.4, 0.5) is 9.59 Å². The largest absolute Gasteiger partial charge is 0.449 e. The van der Waals surface area contributed by atoms with Crippen LogP contribution in [0.1, 0.15) is 65.9 Å². The van der Waals surface area contributed by atoms with E-state index in [1.165, 1.54) is 45.8 Å². The molecule has 75 heavy (non-hydrogen) atoms. The number of benzene rings is 6. The first-order valence-corrected chi connectivity index (χ1v) is 26.3. The normalized spacial score (nSPS) is 12.0. The Labute approximate surface area is 452 Å². The van der Waals surface area contributed by atoms with Gasteiger partial charge in [-0.1, -0.05) is 154 Å². The van der Waals surface area contributed by atoms with Crippen molar-refractivity contribution in [3.8, 4) is 33.6 Å². The summed E-state index contributed by atoms with van der Waals surface area (Å²) in [6.45, 7) is 0.827. The first-order valence-electron chi connectivity index (χ1n) is 23.4. The molecule has 2 amide bonds. The van der Waals surface area contributed by atoms with E-state index in [0.29, 0.717) is 48.0 Å². The van der Waals surface area contributed by atoms with Crippen LogP contribution in [0.3, 0.4) is 0 Å². The van der Waals surface area contributed by atoms with Crippen molar-refractivity contribution >= 4 is 75.8 Å². The van der Waals surface area contributed by atoms with Crippen LogP contribution < -0.4 is 10.6 Å². The summed E-state index contributed by atoms with van der Waals surface area (Å²) >= 11 is 12.9. The number of nitrogens with one attached hydrogen (secondary N) is 3. The second-order valence-corrected chi connectivity index (χ2v) is 20.3.